The minimum atomic E-state index is -4.22. The van der Waals surface area contributed by atoms with Crippen molar-refractivity contribution in [2.75, 3.05) is 20.3 Å². The lowest BCUT2D eigenvalue weighted by molar-refractivity contribution is 0.154. The first kappa shape index (κ1) is 20.4. The molecule has 3 aromatic carbocycles. The number of hydrogen-bond donors (Lipinski definition) is 1. The number of nitrogens with two attached hydrogens (primary N) is 1. The Morgan fingerprint density at radius 3 is 2.37 bits per heavy atom. The molecule has 0 fully saturated rings. The quantitative estimate of drug-likeness (QED) is 0.463. The Hall–Kier alpha value is -2.91. The summed E-state index contributed by atoms with van der Waals surface area (Å²) in [4.78, 5) is 0. The van der Waals surface area contributed by atoms with Crippen molar-refractivity contribution in [1.29, 1.82) is 0 Å². The van der Waals surface area contributed by atoms with Gasteiger partial charge in [0, 0.05) is 22.9 Å². The van der Waals surface area contributed by atoms with Gasteiger partial charge in [-0.2, -0.15) is 8.42 Å². The van der Waals surface area contributed by atoms with Crippen molar-refractivity contribution in [3.8, 4) is 5.75 Å². The highest BCUT2D eigenvalue weighted by molar-refractivity contribution is 7.81. The number of benzene rings is 3. The Bertz CT molecular complexity index is 1270. The summed E-state index contributed by atoms with van der Waals surface area (Å²) >= 11 is 0. The van der Waals surface area contributed by atoms with Gasteiger partial charge in [-0.25, -0.2) is 4.18 Å². The lowest BCUT2D eigenvalue weighted by Crippen LogP contribution is -2.19. The van der Waals surface area contributed by atoms with Gasteiger partial charge in [-0.05, 0) is 18.2 Å². The number of fused-ring (bicyclic) bond motifs is 3. The zero-order valence-corrected chi connectivity index (χ0v) is 17.2. The van der Waals surface area contributed by atoms with E-state index in [0.29, 0.717) is 24.5 Å². The van der Waals surface area contributed by atoms with Crippen molar-refractivity contribution < 1.29 is 21.5 Å². The standard InChI is InChI=1S/C22H22N2O5S/c1-27-30(25,26)29-22(16-8-3-2-4-9-16)24-18-11-6-5-10-17(18)21-19(24)12-7-13-20(21)28-15-14-23/h2-13,22H,14-15,23H2,1H3. The predicted octanol–water partition coefficient (Wildman–Crippen LogP) is 3.59. The zero-order valence-electron chi connectivity index (χ0n) is 16.4. The van der Waals surface area contributed by atoms with Crippen LogP contribution in [0.2, 0.25) is 0 Å². The summed E-state index contributed by atoms with van der Waals surface area (Å²) in [6, 6.07) is 22.5. The van der Waals surface area contributed by atoms with E-state index in [9.17, 15) is 8.42 Å². The molecule has 4 rings (SSSR count). The van der Waals surface area contributed by atoms with Gasteiger partial charge < -0.3 is 15.0 Å². The molecule has 156 valence electrons. The van der Waals surface area contributed by atoms with Crippen molar-refractivity contribution in [1.82, 2.24) is 4.57 Å². The normalized spacial score (nSPS) is 13.0. The fourth-order valence-electron chi connectivity index (χ4n) is 3.57. The largest absolute Gasteiger partial charge is 0.492 e. The monoisotopic (exact) mass is 426 g/mol. The summed E-state index contributed by atoms with van der Waals surface area (Å²) in [6.45, 7) is 0.756. The van der Waals surface area contributed by atoms with Gasteiger partial charge >= 0.3 is 10.4 Å². The lowest BCUT2D eigenvalue weighted by atomic mass is 10.1. The van der Waals surface area contributed by atoms with Crippen LogP contribution in [0.3, 0.4) is 0 Å². The van der Waals surface area contributed by atoms with Crippen molar-refractivity contribution in [2.24, 2.45) is 5.73 Å². The number of nitrogens with zero attached hydrogens (tertiary/aromatic N) is 1. The fraction of sp³-hybridized carbons (Fsp3) is 0.182. The molecule has 0 saturated heterocycles. The molecule has 0 bridgehead atoms. The van der Waals surface area contributed by atoms with Crippen LogP contribution in [0.25, 0.3) is 21.8 Å². The van der Waals surface area contributed by atoms with Crippen LogP contribution >= 0.6 is 0 Å². The number of ether oxygens (including phenoxy) is 1. The van der Waals surface area contributed by atoms with Crippen LogP contribution < -0.4 is 10.5 Å². The highest BCUT2D eigenvalue weighted by Crippen LogP contribution is 2.39. The second-order valence-electron chi connectivity index (χ2n) is 6.61. The Morgan fingerprint density at radius 1 is 0.933 bits per heavy atom. The fourth-order valence-corrected chi connectivity index (χ4v) is 4.07. The average Bonchev–Trinajstić information content (AvgIpc) is 3.11. The molecule has 0 aliphatic heterocycles. The smallest absolute Gasteiger partial charge is 0.401 e. The van der Waals surface area contributed by atoms with Gasteiger partial charge in [0.05, 0.1) is 18.1 Å². The van der Waals surface area contributed by atoms with Crippen molar-refractivity contribution in [3.05, 3.63) is 78.4 Å². The number of hydrogen-bond acceptors (Lipinski definition) is 6. The maximum absolute atomic E-state index is 12.3. The predicted molar refractivity (Wildman–Crippen MR) is 116 cm³/mol. The lowest BCUT2D eigenvalue weighted by Gasteiger charge is -2.21. The Balaban J connectivity index is 2.03. The van der Waals surface area contributed by atoms with Crippen LogP contribution in [0.4, 0.5) is 0 Å². The van der Waals surface area contributed by atoms with Crippen LogP contribution in [-0.2, 0) is 18.8 Å². The topological polar surface area (TPSA) is 92.8 Å². The van der Waals surface area contributed by atoms with Gasteiger partial charge in [-0.15, -0.1) is 0 Å². The first-order valence-corrected chi connectivity index (χ1v) is 10.8. The number of para-hydroxylation sites is 1. The van der Waals surface area contributed by atoms with Crippen molar-refractivity contribution in [3.63, 3.8) is 0 Å². The Kier molecular flexibility index (Phi) is 5.74. The van der Waals surface area contributed by atoms with Crippen LogP contribution in [0, 0.1) is 0 Å². The first-order chi connectivity index (χ1) is 14.6. The van der Waals surface area contributed by atoms with E-state index in [4.69, 9.17) is 14.7 Å². The van der Waals surface area contributed by atoms with E-state index < -0.39 is 16.6 Å². The van der Waals surface area contributed by atoms with E-state index in [-0.39, 0.29) is 0 Å². The van der Waals surface area contributed by atoms with Crippen LogP contribution in [-0.4, -0.2) is 33.2 Å². The molecule has 4 aromatic rings. The molecule has 2 N–H and O–H groups in total. The van der Waals surface area contributed by atoms with E-state index in [1.54, 1.807) is 0 Å². The second-order valence-corrected chi connectivity index (χ2v) is 7.95. The molecule has 30 heavy (non-hydrogen) atoms. The molecule has 0 amide bonds. The third-order valence-electron chi connectivity index (χ3n) is 4.80. The van der Waals surface area contributed by atoms with Gasteiger partial charge in [0.15, 0.2) is 6.23 Å². The van der Waals surface area contributed by atoms with Crippen LogP contribution in [0.1, 0.15) is 11.8 Å². The molecule has 0 aliphatic rings. The first-order valence-electron chi connectivity index (χ1n) is 9.44. The minimum Gasteiger partial charge on any atom is -0.492 e. The number of aromatic nitrogens is 1. The summed E-state index contributed by atoms with van der Waals surface area (Å²) in [5.74, 6) is 0.675. The van der Waals surface area contributed by atoms with Crippen molar-refractivity contribution in [2.45, 2.75) is 6.23 Å². The molecule has 1 heterocycles. The van der Waals surface area contributed by atoms with Gasteiger partial charge in [-0.1, -0.05) is 54.6 Å². The van der Waals surface area contributed by atoms with Gasteiger partial charge in [0.25, 0.3) is 0 Å². The highest BCUT2D eigenvalue weighted by atomic mass is 32.3. The molecular formula is C22H22N2O5S. The summed E-state index contributed by atoms with van der Waals surface area (Å²) in [7, 11) is -3.15. The third kappa shape index (κ3) is 3.78. The number of rotatable bonds is 8. The van der Waals surface area contributed by atoms with E-state index in [1.165, 1.54) is 0 Å². The highest BCUT2D eigenvalue weighted by Gasteiger charge is 2.27. The zero-order chi connectivity index (χ0) is 21.1. The summed E-state index contributed by atoms with van der Waals surface area (Å²) in [5.41, 5.74) is 7.85. The summed E-state index contributed by atoms with van der Waals surface area (Å²) in [5, 5.41) is 1.78. The molecule has 7 nitrogen and oxygen atoms in total. The van der Waals surface area contributed by atoms with Crippen LogP contribution in [0.15, 0.2) is 72.8 Å². The molecule has 1 aromatic heterocycles. The van der Waals surface area contributed by atoms with Gasteiger partial charge in [0.2, 0.25) is 0 Å². The maximum atomic E-state index is 12.3. The molecule has 0 saturated carbocycles. The van der Waals surface area contributed by atoms with Crippen LogP contribution in [0.5, 0.6) is 5.75 Å². The van der Waals surface area contributed by atoms with Gasteiger partial charge in [-0.3, -0.25) is 4.18 Å². The SMILES string of the molecule is COS(=O)(=O)OC(c1ccccc1)n1c2ccccc2c2c(OCCN)cccc21. The third-order valence-corrected chi connectivity index (χ3v) is 5.63. The molecule has 0 aliphatic carbocycles. The van der Waals surface area contributed by atoms with E-state index in [1.807, 2.05) is 77.4 Å². The van der Waals surface area contributed by atoms with E-state index in [2.05, 4.69) is 4.18 Å². The Labute approximate surface area is 174 Å². The summed E-state index contributed by atoms with van der Waals surface area (Å²) in [6.07, 6.45) is -0.969. The maximum Gasteiger partial charge on any atom is 0.401 e. The Morgan fingerprint density at radius 2 is 1.63 bits per heavy atom. The van der Waals surface area contributed by atoms with E-state index in [0.717, 1.165) is 28.9 Å². The average molecular weight is 426 g/mol. The minimum absolute atomic E-state index is 0.370. The molecular weight excluding hydrogens is 404 g/mol. The van der Waals surface area contributed by atoms with Gasteiger partial charge in [0.1, 0.15) is 12.4 Å². The molecule has 1 unspecified atom stereocenters. The summed E-state index contributed by atoms with van der Waals surface area (Å²) < 4.78 is 42.3. The second kappa shape index (κ2) is 8.45. The van der Waals surface area contributed by atoms with Crippen molar-refractivity contribution >= 4 is 32.2 Å². The molecule has 1 atom stereocenters. The molecule has 0 spiro atoms. The molecule has 0 radical (unpaired) electrons. The van der Waals surface area contributed by atoms with E-state index >= 15 is 0 Å². The molecule has 8 heteroatoms.